The lowest BCUT2D eigenvalue weighted by molar-refractivity contribution is -0.117. The van der Waals surface area contributed by atoms with Gasteiger partial charge in [0.05, 0.1) is 22.7 Å². The van der Waals surface area contributed by atoms with Gasteiger partial charge in [0.2, 0.25) is 5.91 Å². The van der Waals surface area contributed by atoms with Crippen molar-refractivity contribution in [1.82, 2.24) is 25.2 Å². The second-order valence-corrected chi connectivity index (χ2v) is 6.98. The van der Waals surface area contributed by atoms with Gasteiger partial charge in [0, 0.05) is 12.1 Å². The summed E-state index contributed by atoms with van der Waals surface area (Å²) in [6.45, 7) is 6.19. The molecular formula is C19H21N5O2S. The quantitative estimate of drug-likeness (QED) is 0.662. The normalized spacial score (nSPS) is 10.8. The predicted octanol–water partition coefficient (Wildman–Crippen LogP) is 2.95. The lowest BCUT2D eigenvalue weighted by atomic mass is 10.1. The first kappa shape index (κ1) is 18.9. The van der Waals surface area contributed by atoms with E-state index in [0.717, 1.165) is 28.0 Å². The van der Waals surface area contributed by atoms with Gasteiger partial charge in [0.1, 0.15) is 0 Å². The molecule has 3 rings (SSSR count). The van der Waals surface area contributed by atoms with Crippen LogP contribution in [-0.2, 0) is 4.79 Å². The third kappa shape index (κ3) is 4.28. The number of hydrogen-bond donors (Lipinski definition) is 2. The Labute approximate surface area is 161 Å². The lowest BCUT2D eigenvalue weighted by Gasteiger charge is -2.05. The van der Waals surface area contributed by atoms with Crippen molar-refractivity contribution in [2.24, 2.45) is 0 Å². The van der Waals surface area contributed by atoms with E-state index < -0.39 is 6.03 Å². The van der Waals surface area contributed by atoms with Crippen LogP contribution >= 0.6 is 11.8 Å². The minimum absolute atomic E-state index is 0.0686. The first-order chi connectivity index (χ1) is 13.0. The summed E-state index contributed by atoms with van der Waals surface area (Å²) in [4.78, 5) is 28.2. The molecule has 27 heavy (non-hydrogen) atoms. The summed E-state index contributed by atoms with van der Waals surface area (Å²) in [5, 5.41) is 10.0. The fourth-order valence-electron chi connectivity index (χ4n) is 2.80. The third-order valence-corrected chi connectivity index (χ3v) is 4.78. The Balaban J connectivity index is 1.92. The Morgan fingerprint density at radius 3 is 2.63 bits per heavy atom. The zero-order chi connectivity index (χ0) is 19.4. The molecule has 2 heterocycles. The Kier molecular flexibility index (Phi) is 5.75. The number of aromatic nitrogens is 3. The highest BCUT2D eigenvalue weighted by Crippen LogP contribution is 2.30. The van der Waals surface area contributed by atoms with Gasteiger partial charge in [-0.25, -0.2) is 14.3 Å². The standard InChI is InChI=1S/C19H21N5O2S/c1-4-20-18(26)21-15(25)11-27-19-22-16(14-8-6-5-7-9-14)17-12(2)10-13(3)23-24(17)19/h5-10H,4,11H2,1-3H3,(H2,20,21,25,26). The molecule has 0 bridgehead atoms. The number of nitrogens with zero attached hydrogens (tertiary/aromatic N) is 3. The Morgan fingerprint density at radius 2 is 1.93 bits per heavy atom. The summed E-state index contributed by atoms with van der Waals surface area (Å²) in [6, 6.07) is 11.4. The van der Waals surface area contributed by atoms with Crippen LogP contribution in [0.2, 0.25) is 0 Å². The number of carbonyl (C=O) groups excluding carboxylic acids is 2. The lowest BCUT2D eigenvalue weighted by Crippen LogP contribution is -2.40. The summed E-state index contributed by atoms with van der Waals surface area (Å²) >= 11 is 1.25. The second kappa shape index (κ2) is 8.22. The van der Waals surface area contributed by atoms with E-state index in [1.54, 1.807) is 11.4 Å². The number of thioether (sulfide) groups is 1. The Hall–Kier alpha value is -2.87. The minimum atomic E-state index is -0.495. The van der Waals surface area contributed by atoms with Crippen molar-refractivity contribution in [2.75, 3.05) is 12.3 Å². The molecule has 8 heteroatoms. The van der Waals surface area contributed by atoms with Gasteiger partial charge in [0.25, 0.3) is 0 Å². The van der Waals surface area contributed by atoms with Crippen molar-refractivity contribution in [3.05, 3.63) is 47.7 Å². The number of urea groups is 1. The molecule has 0 aliphatic rings. The van der Waals surface area contributed by atoms with Crippen molar-refractivity contribution >= 4 is 29.2 Å². The van der Waals surface area contributed by atoms with E-state index in [-0.39, 0.29) is 11.7 Å². The van der Waals surface area contributed by atoms with Crippen molar-refractivity contribution in [3.8, 4) is 11.3 Å². The van der Waals surface area contributed by atoms with E-state index in [2.05, 4.69) is 15.7 Å². The molecule has 0 aliphatic carbocycles. The van der Waals surface area contributed by atoms with Crippen LogP contribution in [0, 0.1) is 13.8 Å². The van der Waals surface area contributed by atoms with E-state index >= 15 is 0 Å². The molecule has 3 amide bonds. The summed E-state index contributed by atoms with van der Waals surface area (Å²) in [6.07, 6.45) is 0. The molecule has 0 fully saturated rings. The molecule has 0 spiro atoms. The molecule has 0 aliphatic heterocycles. The maximum atomic E-state index is 12.0. The van der Waals surface area contributed by atoms with Crippen LogP contribution in [0.5, 0.6) is 0 Å². The molecule has 7 nitrogen and oxygen atoms in total. The average Bonchev–Trinajstić information content (AvgIpc) is 2.99. The molecule has 0 saturated heterocycles. The van der Waals surface area contributed by atoms with E-state index in [4.69, 9.17) is 4.98 Å². The van der Waals surface area contributed by atoms with Crippen LogP contribution in [0.4, 0.5) is 4.79 Å². The van der Waals surface area contributed by atoms with Crippen LogP contribution in [-0.4, -0.2) is 38.8 Å². The SMILES string of the molecule is CCNC(=O)NC(=O)CSc1nc(-c2ccccc2)c2c(C)cc(C)nn12. The number of amides is 3. The van der Waals surface area contributed by atoms with Crippen molar-refractivity contribution in [1.29, 1.82) is 0 Å². The predicted molar refractivity (Wildman–Crippen MR) is 106 cm³/mol. The first-order valence-electron chi connectivity index (χ1n) is 8.62. The Bertz CT molecular complexity index is 985. The molecule has 0 saturated carbocycles. The summed E-state index contributed by atoms with van der Waals surface area (Å²) < 4.78 is 1.77. The molecule has 0 unspecified atom stereocenters. The van der Waals surface area contributed by atoms with Gasteiger partial charge in [-0.2, -0.15) is 5.10 Å². The number of fused-ring (bicyclic) bond motifs is 1. The largest absolute Gasteiger partial charge is 0.338 e. The van der Waals surface area contributed by atoms with Crippen molar-refractivity contribution < 1.29 is 9.59 Å². The third-order valence-electron chi connectivity index (χ3n) is 3.85. The van der Waals surface area contributed by atoms with E-state index in [1.807, 2.05) is 50.2 Å². The van der Waals surface area contributed by atoms with Crippen LogP contribution in [0.3, 0.4) is 0 Å². The molecular weight excluding hydrogens is 362 g/mol. The van der Waals surface area contributed by atoms with Crippen LogP contribution < -0.4 is 10.6 Å². The highest BCUT2D eigenvalue weighted by molar-refractivity contribution is 7.99. The minimum Gasteiger partial charge on any atom is -0.338 e. The number of nitrogens with one attached hydrogen (secondary N) is 2. The smallest absolute Gasteiger partial charge is 0.321 e. The van der Waals surface area contributed by atoms with Gasteiger partial charge in [-0.15, -0.1) is 0 Å². The fraction of sp³-hybridized carbons (Fsp3) is 0.263. The maximum Gasteiger partial charge on any atom is 0.321 e. The number of imide groups is 1. The molecule has 0 atom stereocenters. The Morgan fingerprint density at radius 1 is 1.19 bits per heavy atom. The van der Waals surface area contributed by atoms with Crippen LogP contribution in [0.25, 0.3) is 16.8 Å². The molecule has 1 aromatic carbocycles. The van der Waals surface area contributed by atoms with Crippen LogP contribution in [0.15, 0.2) is 41.6 Å². The molecule has 0 radical (unpaired) electrons. The number of carbonyl (C=O) groups is 2. The molecule has 2 aromatic heterocycles. The van der Waals surface area contributed by atoms with Gasteiger partial charge in [0.15, 0.2) is 5.16 Å². The number of benzene rings is 1. The summed E-state index contributed by atoms with van der Waals surface area (Å²) in [5.41, 5.74) is 4.66. The number of imidazole rings is 1. The number of aryl methyl sites for hydroxylation is 2. The molecule has 3 aromatic rings. The van der Waals surface area contributed by atoms with Gasteiger partial charge in [-0.1, -0.05) is 42.1 Å². The highest BCUT2D eigenvalue weighted by Gasteiger charge is 2.18. The van der Waals surface area contributed by atoms with Gasteiger partial charge in [-0.05, 0) is 32.4 Å². The second-order valence-electron chi connectivity index (χ2n) is 6.03. The maximum absolute atomic E-state index is 12.0. The van der Waals surface area contributed by atoms with Gasteiger partial charge >= 0.3 is 6.03 Å². The van der Waals surface area contributed by atoms with Crippen LogP contribution in [0.1, 0.15) is 18.2 Å². The van der Waals surface area contributed by atoms with Gasteiger partial charge in [-0.3, -0.25) is 10.1 Å². The highest BCUT2D eigenvalue weighted by atomic mass is 32.2. The number of rotatable bonds is 5. The monoisotopic (exact) mass is 383 g/mol. The average molecular weight is 383 g/mol. The van der Waals surface area contributed by atoms with E-state index in [1.165, 1.54) is 11.8 Å². The van der Waals surface area contributed by atoms with Crippen molar-refractivity contribution in [3.63, 3.8) is 0 Å². The topological polar surface area (TPSA) is 88.4 Å². The molecule has 2 N–H and O–H groups in total. The van der Waals surface area contributed by atoms with Gasteiger partial charge < -0.3 is 5.32 Å². The fourth-order valence-corrected chi connectivity index (χ4v) is 3.54. The number of hydrogen-bond acceptors (Lipinski definition) is 5. The summed E-state index contributed by atoms with van der Waals surface area (Å²) in [5.74, 6) is -0.313. The first-order valence-corrected chi connectivity index (χ1v) is 9.61. The van der Waals surface area contributed by atoms with E-state index in [0.29, 0.717) is 11.7 Å². The van der Waals surface area contributed by atoms with E-state index in [9.17, 15) is 9.59 Å². The zero-order valence-electron chi connectivity index (χ0n) is 15.4. The summed E-state index contributed by atoms with van der Waals surface area (Å²) in [7, 11) is 0. The molecule has 140 valence electrons. The van der Waals surface area contributed by atoms with Crippen molar-refractivity contribution in [2.45, 2.75) is 25.9 Å². The zero-order valence-corrected chi connectivity index (χ0v) is 16.3.